The standard InChI is InChI=1S/C6H9.Ni.Re.Rf/c1-4-5-6(2)3;;;/h1-3H3;;;/q-1;;;. The van der Waals surface area contributed by atoms with Gasteiger partial charge in [0.2, 0.25) is 0 Å². The molecule has 0 saturated heterocycles. The van der Waals surface area contributed by atoms with Gasteiger partial charge in [-0.05, 0) is 0 Å². The van der Waals surface area contributed by atoms with Crippen molar-refractivity contribution in [2.24, 2.45) is 0 Å². The maximum Gasteiger partial charge on any atom is 0 e. The Morgan fingerprint density at radius 2 is 1.67 bits per heavy atom. The maximum atomic E-state index is 2.88. The van der Waals surface area contributed by atoms with Gasteiger partial charge in [0.05, 0.1) is 0 Å². The van der Waals surface area contributed by atoms with Gasteiger partial charge < -0.3 is 5.73 Å². The van der Waals surface area contributed by atoms with Gasteiger partial charge in [-0.1, -0.05) is 0 Å². The molecule has 3 heteroatoms. The molecule has 0 heterocycles. The van der Waals surface area contributed by atoms with Gasteiger partial charge in [0.1, 0.15) is 0 Å². The van der Waals surface area contributed by atoms with Crippen LogP contribution < -0.4 is 0 Å². The quantitative estimate of drug-likeness (QED) is 0.229. The third-order valence-electron chi connectivity index (χ3n) is 0.375. The van der Waals surface area contributed by atoms with Gasteiger partial charge in [0, 0.05) is 36.9 Å². The molecule has 0 atom stereocenters. The first kappa shape index (κ1) is 23.4. The molecule has 0 aromatic rings. The molecule has 0 unspecified atom stereocenters. The average Bonchev–Trinajstić information content (AvgIpc) is 1.35. The van der Waals surface area contributed by atoms with Crippen molar-refractivity contribution in [1.82, 2.24) is 0 Å². The van der Waals surface area contributed by atoms with Crippen molar-refractivity contribution in [3.05, 3.63) is 17.4 Å². The Labute approximate surface area is 75.0 Å². The van der Waals surface area contributed by atoms with E-state index in [0.717, 1.165) is 0 Å². The van der Waals surface area contributed by atoms with Crippen molar-refractivity contribution in [3.63, 3.8) is 0 Å². The molecular weight excluding hydrogens is 584 g/mol. The van der Waals surface area contributed by atoms with Crippen LogP contribution in [0.15, 0.2) is 11.3 Å². The summed E-state index contributed by atoms with van der Waals surface area (Å²) < 4.78 is 0. The van der Waals surface area contributed by atoms with Crippen LogP contribution in [0.3, 0.4) is 0 Å². The summed E-state index contributed by atoms with van der Waals surface area (Å²) in [6.45, 7) is 5.83. The van der Waals surface area contributed by atoms with Crippen LogP contribution in [0.2, 0.25) is 0 Å². The molecule has 0 spiro atoms. The van der Waals surface area contributed by atoms with Crippen molar-refractivity contribution >= 4 is 0 Å². The number of hydrogen-bond acceptors (Lipinski definition) is 0. The fourth-order valence-corrected chi connectivity index (χ4v) is 0.250. The Morgan fingerprint density at radius 3 is 1.67 bits per heavy atom. The van der Waals surface area contributed by atoms with Crippen molar-refractivity contribution in [2.75, 3.05) is 0 Å². The number of hydrogen-bond donors (Lipinski definition) is 0. The maximum absolute atomic E-state index is 2.88. The normalized spacial score (nSPS) is 4.33. The summed E-state index contributed by atoms with van der Waals surface area (Å²) >= 11 is 0. The molecule has 0 fully saturated rings. The molecule has 9 heavy (non-hydrogen) atoms. The van der Waals surface area contributed by atoms with E-state index in [1.165, 1.54) is 5.57 Å². The summed E-state index contributed by atoms with van der Waals surface area (Å²) in [5.74, 6) is 0. The van der Waals surface area contributed by atoms with Crippen LogP contribution in [-0.4, -0.2) is 0 Å². The van der Waals surface area contributed by atoms with E-state index in [-0.39, 0.29) is 36.9 Å². The monoisotopic (exact) mass is 593 g/mol. The summed E-state index contributed by atoms with van der Waals surface area (Å²) in [6.07, 6.45) is 2.78. The van der Waals surface area contributed by atoms with Gasteiger partial charge in [-0.3, -0.25) is 0 Å². The van der Waals surface area contributed by atoms with Crippen molar-refractivity contribution in [1.29, 1.82) is 0 Å². The average molecular weight is 593 g/mol. The molecule has 0 aromatic carbocycles. The van der Waals surface area contributed by atoms with E-state index in [9.17, 15) is 0 Å². The zero-order chi connectivity index (χ0) is 4.99. The van der Waals surface area contributed by atoms with Gasteiger partial charge in [-0.2, -0.15) is 5.57 Å². The predicted molar refractivity (Wildman–Crippen MR) is 27.3 cm³/mol. The van der Waals surface area contributed by atoms with E-state index >= 15 is 0 Å². The molecular formula is C6H9NiReRf-. The van der Waals surface area contributed by atoms with E-state index in [1.54, 1.807) is 0 Å². The van der Waals surface area contributed by atoms with E-state index < -0.39 is 0 Å². The second-order valence-electron chi connectivity index (χ2n) is 1.38. The minimum atomic E-state index is 0. The molecule has 0 aromatic heterocycles. The summed E-state index contributed by atoms with van der Waals surface area (Å²) in [7, 11) is 0. The Kier molecular flexibility index (Phi) is 40.6. The topological polar surface area (TPSA) is 0 Å². The van der Waals surface area contributed by atoms with Gasteiger partial charge in [0.15, 0.2) is 0 Å². The summed E-state index contributed by atoms with van der Waals surface area (Å²) in [5, 5.41) is 0. The van der Waals surface area contributed by atoms with E-state index in [1.807, 2.05) is 20.8 Å². The van der Waals surface area contributed by atoms with Crippen molar-refractivity contribution in [3.8, 4) is 0 Å². The molecule has 0 rings (SSSR count). The molecule has 0 N–H and O–H groups in total. The van der Waals surface area contributed by atoms with Crippen LogP contribution in [0.4, 0.5) is 0 Å². The Bertz CT molecular complexity index is 91.2. The molecule has 0 saturated carbocycles. The fraction of sp³-hybridized carbons (Fsp3) is 0.500. The summed E-state index contributed by atoms with van der Waals surface area (Å²) in [6, 6.07) is 0. The Hall–Kier alpha value is -0.324. The van der Waals surface area contributed by atoms with Gasteiger partial charge in [-0.15, -0.1) is 20.8 Å². The molecule has 0 nitrogen and oxygen atoms in total. The van der Waals surface area contributed by atoms with E-state index in [0.29, 0.717) is 0 Å². The third kappa shape index (κ3) is 34.5. The predicted octanol–water partition coefficient (Wildman–Crippen LogP) is 1.93. The van der Waals surface area contributed by atoms with Crippen LogP contribution in [0, 0.1) is 6.08 Å². The van der Waals surface area contributed by atoms with Gasteiger partial charge >= 0.3 is 0 Å². The number of allylic oxidation sites excluding steroid dienone is 1. The zero-order valence-corrected chi connectivity index (χ0v) is 16.0. The van der Waals surface area contributed by atoms with Crippen LogP contribution >= 0.6 is 0 Å². The van der Waals surface area contributed by atoms with Crippen molar-refractivity contribution < 1.29 is 36.9 Å². The molecule has 0 amide bonds. The van der Waals surface area contributed by atoms with Gasteiger partial charge in [0.25, 0.3) is 0 Å². The van der Waals surface area contributed by atoms with E-state index in [4.69, 9.17) is 0 Å². The molecule has 0 aliphatic carbocycles. The molecule has 0 bridgehead atoms. The minimum Gasteiger partial charge on any atom is -0.333 e. The number of rotatable bonds is 0. The van der Waals surface area contributed by atoms with Crippen LogP contribution in [0.5, 0.6) is 0 Å². The largest absolute Gasteiger partial charge is 0.333 e. The first-order chi connectivity index (χ1) is 2.77. The van der Waals surface area contributed by atoms with E-state index in [2.05, 4.69) is 11.8 Å². The molecule has 0 aliphatic rings. The second kappa shape index (κ2) is 15.6. The van der Waals surface area contributed by atoms with Crippen molar-refractivity contribution in [2.45, 2.75) is 20.8 Å². The smallest absolute Gasteiger partial charge is 0 e. The summed E-state index contributed by atoms with van der Waals surface area (Å²) in [4.78, 5) is 0. The fourth-order valence-electron chi connectivity index (χ4n) is 0.250. The molecule has 1 radical (unpaired) electrons. The summed E-state index contributed by atoms with van der Waals surface area (Å²) in [5.41, 5.74) is 4.05. The Balaban J connectivity index is -0.0000000417. The Morgan fingerprint density at radius 1 is 1.33 bits per heavy atom. The molecule has 0 aliphatic heterocycles. The third-order valence-corrected chi connectivity index (χ3v) is 0.375. The van der Waals surface area contributed by atoms with Crippen LogP contribution in [-0.2, 0) is 36.9 Å². The van der Waals surface area contributed by atoms with Crippen LogP contribution in [0.25, 0.3) is 0 Å². The van der Waals surface area contributed by atoms with Crippen LogP contribution in [0.1, 0.15) is 20.8 Å². The zero-order valence-electron chi connectivity index (χ0n) is 5.90. The van der Waals surface area contributed by atoms with Gasteiger partial charge in [-0.25, -0.2) is 6.08 Å². The first-order valence-electron chi connectivity index (χ1n) is 2.00. The minimum absolute atomic E-state index is 0. The molecule has 53 valence electrons. The SMILES string of the molecule is C[C-]=C=C(C)C.[Ni].[Re].[Rf]. The second-order valence-corrected chi connectivity index (χ2v) is 1.38. The first-order valence-corrected chi connectivity index (χ1v) is 2.00.